The molecule has 0 aliphatic carbocycles. The fourth-order valence-electron chi connectivity index (χ4n) is 1.23. The third-order valence-electron chi connectivity index (χ3n) is 2.03. The number of hydrogen-bond acceptors (Lipinski definition) is 1. The quantitative estimate of drug-likeness (QED) is 0.768. The zero-order valence-corrected chi connectivity index (χ0v) is 10.7. The predicted molar refractivity (Wildman–Crippen MR) is 67.2 cm³/mol. The number of halogens is 2. The zero-order valence-electron chi connectivity index (χ0n) is 8.32. The molecule has 1 nitrogen and oxygen atoms in total. The lowest BCUT2D eigenvalue weighted by atomic mass is 10.2. The van der Waals surface area contributed by atoms with Crippen molar-refractivity contribution in [3.8, 4) is 0 Å². The van der Waals surface area contributed by atoms with Crippen molar-refractivity contribution in [2.45, 2.75) is 26.2 Å². The molecule has 78 valence electrons. The summed E-state index contributed by atoms with van der Waals surface area (Å²) in [5, 5.41) is 4.13. The van der Waals surface area contributed by atoms with Crippen molar-refractivity contribution < 1.29 is 0 Å². The lowest BCUT2D eigenvalue weighted by molar-refractivity contribution is 0.743. The summed E-state index contributed by atoms with van der Waals surface area (Å²) in [4.78, 5) is 0. The summed E-state index contributed by atoms with van der Waals surface area (Å²) in [6.45, 7) is 3.23. The van der Waals surface area contributed by atoms with Crippen molar-refractivity contribution in [3.63, 3.8) is 0 Å². The Labute approximate surface area is 99.0 Å². The first-order valence-electron chi connectivity index (χ1n) is 4.93. The van der Waals surface area contributed by atoms with Crippen LogP contribution >= 0.6 is 27.5 Å². The minimum Gasteiger partial charge on any atom is -0.384 e. The molecule has 0 aliphatic heterocycles. The molecule has 0 heterocycles. The van der Waals surface area contributed by atoms with Crippen LogP contribution in [0.5, 0.6) is 0 Å². The van der Waals surface area contributed by atoms with Gasteiger partial charge in [-0.05, 0) is 40.5 Å². The molecule has 1 N–H and O–H groups in total. The van der Waals surface area contributed by atoms with Gasteiger partial charge in [0.15, 0.2) is 0 Å². The summed E-state index contributed by atoms with van der Waals surface area (Å²) in [5.74, 6) is 0. The second-order valence-electron chi connectivity index (χ2n) is 3.26. The van der Waals surface area contributed by atoms with Gasteiger partial charge in [0.2, 0.25) is 0 Å². The number of benzene rings is 1. The van der Waals surface area contributed by atoms with Crippen molar-refractivity contribution in [1.82, 2.24) is 0 Å². The third-order valence-corrected chi connectivity index (χ3v) is 2.92. The monoisotopic (exact) mass is 275 g/mol. The second-order valence-corrected chi connectivity index (χ2v) is 4.55. The zero-order chi connectivity index (χ0) is 10.4. The van der Waals surface area contributed by atoms with E-state index in [1.54, 1.807) is 0 Å². The first kappa shape index (κ1) is 11.9. The number of rotatable bonds is 5. The molecular weight excluding hydrogens is 261 g/mol. The van der Waals surface area contributed by atoms with Crippen LogP contribution < -0.4 is 5.32 Å². The van der Waals surface area contributed by atoms with E-state index in [9.17, 15) is 0 Å². The molecule has 0 spiro atoms. The van der Waals surface area contributed by atoms with Gasteiger partial charge in [-0.1, -0.05) is 31.4 Å². The van der Waals surface area contributed by atoms with Crippen LogP contribution in [0.15, 0.2) is 22.7 Å². The summed E-state index contributed by atoms with van der Waals surface area (Å²) in [6.07, 6.45) is 3.74. The molecule has 0 bridgehead atoms. The molecule has 0 aliphatic rings. The molecular formula is C11H15BrClN. The van der Waals surface area contributed by atoms with Gasteiger partial charge in [0.1, 0.15) is 0 Å². The molecule has 0 atom stereocenters. The van der Waals surface area contributed by atoms with E-state index in [0.717, 1.165) is 21.7 Å². The lowest BCUT2D eigenvalue weighted by Crippen LogP contribution is -2.01. The number of unbranched alkanes of at least 4 members (excludes halogenated alkanes) is 2. The van der Waals surface area contributed by atoms with E-state index in [-0.39, 0.29) is 0 Å². The molecule has 0 radical (unpaired) electrons. The Morgan fingerprint density at radius 3 is 2.79 bits per heavy atom. The number of nitrogens with one attached hydrogen (secondary N) is 1. The van der Waals surface area contributed by atoms with Crippen LogP contribution in [0, 0.1) is 0 Å². The van der Waals surface area contributed by atoms with Crippen molar-refractivity contribution in [1.29, 1.82) is 0 Å². The molecule has 0 aromatic heterocycles. The maximum absolute atomic E-state index is 5.84. The van der Waals surface area contributed by atoms with Gasteiger partial charge in [0.05, 0.1) is 0 Å². The Morgan fingerprint density at radius 2 is 2.14 bits per heavy atom. The highest BCUT2D eigenvalue weighted by atomic mass is 79.9. The molecule has 0 saturated heterocycles. The van der Waals surface area contributed by atoms with E-state index in [1.165, 1.54) is 19.3 Å². The van der Waals surface area contributed by atoms with Crippen molar-refractivity contribution >= 4 is 33.2 Å². The summed E-state index contributed by atoms with van der Waals surface area (Å²) in [7, 11) is 0. The van der Waals surface area contributed by atoms with E-state index < -0.39 is 0 Å². The minimum atomic E-state index is 0.760. The van der Waals surface area contributed by atoms with Crippen molar-refractivity contribution in [3.05, 3.63) is 27.7 Å². The molecule has 1 aromatic rings. The van der Waals surface area contributed by atoms with E-state index in [2.05, 4.69) is 28.2 Å². The molecule has 1 rings (SSSR count). The summed E-state index contributed by atoms with van der Waals surface area (Å²) < 4.78 is 1.03. The van der Waals surface area contributed by atoms with Crippen molar-refractivity contribution in [2.24, 2.45) is 0 Å². The first-order chi connectivity index (χ1) is 6.74. The predicted octanol–water partition coefficient (Wildman–Crippen LogP) is 4.70. The van der Waals surface area contributed by atoms with Gasteiger partial charge in [-0.3, -0.25) is 0 Å². The van der Waals surface area contributed by atoms with Crippen LogP contribution in [-0.4, -0.2) is 6.54 Å². The molecule has 0 unspecified atom stereocenters. The lowest BCUT2D eigenvalue weighted by Gasteiger charge is -2.08. The van der Waals surface area contributed by atoms with Gasteiger partial charge in [0.25, 0.3) is 0 Å². The summed E-state index contributed by atoms with van der Waals surface area (Å²) >= 11 is 9.31. The Hall–Kier alpha value is -0.210. The van der Waals surface area contributed by atoms with Gasteiger partial charge < -0.3 is 5.32 Å². The van der Waals surface area contributed by atoms with Crippen LogP contribution in [0.2, 0.25) is 5.02 Å². The Morgan fingerprint density at radius 1 is 1.36 bits per heavy atom. The van der Waals surface area contributed by atoms with E-state index >= 15 is 0 Å². The average molecular weight is 277 g/mol. The fraction of sp³-hybridized carbons (Fsp3) is 0.455. The number of anilines is 1. The Balaban J connectivity index is 2.42. The average Bonchev–Trinajstić information content (AvgIpc) is 2.15. The molecule has 3 heteroatoms. The van der Waals surface area contributed by atoms with E-state index in [4.69, 9.17) is 11.6 Å². The Kier molecular flexibility index (Phi) is 5.34. The molecule has 14 heavy (non-hydrogen) atoms. The van der Waals surface area contributed by atoms with Crippen molar-refractivity contribution in [2.75, 3.05) is 11.9 Å². The topological polar surface area (TPSA) is 12.0 Å². The van der Waals surface area contributed by atoms with Gasteiger partial charge in [-0.25, -0.2) is 0 Å². The molecule has 0 amide bonds. The van der Waals surface area contributed by atoms with Gasteiger partial charge in [0, 0.05) is 21.7 Å². The minimum absolute atomic E-state index is 0.760. The summed E-state index contributed by atoms with van der Waals surface area (Å²) in [5.41, 5.74) is 1.12. The van der Waals surface area contributed by atoms with E-state index in [0.29, 0.717) is 0 Å². The highest BCUT2D eigenvalue weighted by Gasteiger charge is 1.98. The van der Waals surface area contributed by atoms with Gasteiger partial charge >= 0.3 is 0 Å². The van der Waals surface area contributed by atoms with Crippen LogP contribution in [0.25, 0.3) is 0 Å². The van der Waals surface area contributed by atoms with Gasteiger partial charge in [-0.15, -0.1) is 0 Å². The maximum Gasteiger partial charge on any atom is 0.0485 e. The molecule has 0 saturated carbocycles. The van der Waals surface area contributed by atoms with Gasteiger partial charge in [-0.2, -0.15) is 0 Å². The third kappa shape index (κ3) is 3.89. The van der Waals surface area contributed by atoms with Crippen LogP contribution in [0.1, 0.15) is 26.2 Å². The second kappa shape index (κ2) is 6.31. The van der Waals surface area contributed by atoms with Crippen LogP contribution in [0.3, 0.4) is 0 Å². The Bertz CT molecular complexity index is 289. The number of hydrogen-bond donors (Lipinski definition) is 1. The van der Waals surface area contributed by atoms with E-state index in [1.807, 2.05) is 18.2 Å². The van der Waals surface area contributed by atoms with Crippen LogP contribution in [-0.2, 0) is 0 Å². The van der Waals surface area contributed by atoms with Crippen LogP contribution in [0.4, 0.5) is 5.69 Å². The fourth-order valence-corrected chi connectivity index (χ4v) is 2.05. The normalized spacial score (nSPS) is 10.2. The first-order valence-corrected chi connectivity index (χ1v) is 6.10. The summed E-state index contributed by atoms with van der Waals surface area (Å²) in [6, 6.07) is 5.80. The largest absolute Gasteiger partial charge is 0.384 e. The molecule has 0 fully saturated rings. The standard InChI is InChI=1S/C11H15BrClN/c1-2-3-4-7-14-11-6-5-9(13)8-10(11)12/h5-6,8,14H,2-4,7H2,1H3. The smallest absolute Gasteiger partial charge is 0.0485 e. The highest BCUT2D eigenvalue weighted by molar-refractivity contribution is 9.10. The SMILES string of the molecule is CCCCCNc1ccc(Cl)cc1Br. The highest BCUT2D eigenvalue weighted by Crippen LogP contribution is 2.25. The molecule has 1 aromatic carbocycles. The maximum atomic E-state index is 5.84.